The van der Waals surface area contributed by atoms with Crippen LogP contribution in [0.2, 0.25) is 0 Å². The zero-order valence-electron chi connectivity index (χ0n) is 13.2. The van der Waals surface area contributed by atoms with E-state index in [4.69, 9.17) is 4.98 Å². The Labute approximate surface area is 140 Å². The van der Waals surface area contributed by atoms with Gasteiger partial charge in [-0.15, -0.1) is 11.3 Å². The van der Waals surface area contributed by atoms with Crippen molar-refractivity contribution in [2.45, 2.75) is 18.8 Å². The minimum Gasteiger partial charge on any atom is -0.348 e. The first-order valence-corrected chi connectivity index (χ1v) is 8.93. The van der Waals surface area contributed by atoms with E-state index in [0.717, 1.165) is 23.9 Å². The second-order valence-electron chi connectivity index (χ2n) is 6.02. The molecule has 0 unspecified atom stereocenters. The van der Waals surface area contributed by atoms with Gasteiger partial charge in [-0.25, -0.2) is 4.98 Å². The molecule has 2 aromatic heterocycles. The topological polar surface area (TPSA) is 34.0 Å². The highest BCUT2D eigenvalue weighted by atomic mass is 32.1. The molecule has 5 heteroatoms. The molecular weight excluding hydrogens is 304 g/mol. The number of hydrogen-bond acceptors (Lipinski definition) is 4. The Kier molecular flexibility index (Phi) is 3.87. The molecule has 1 fully saturated rings. The van der Waals surface area contributed by atoms with Crippen molar-refractivity contribution in [3.05, 3.63) is 53.7 Å². The van der Waals surface area contributed by atoms with Crippen LogP contribution >= 0.6 is 11.3 Å². The van der Waals surface area contributed by atoms with Gasteiger partial charge in [-0.3, -0.25) is 4.68 Å². The number of piperidine rings is 1. The highest BCUT2D eigenvalue weighted by molar-refractivity contribution is 7.14. The van der Waals surface area contributed by atoms with Crippen LogP contribution in [0, 0.1) is 0 Å². The molecule has 0 bridgehead atoms. The largest absolute Gasteiger partial charge is 0.348 e. The summed E-state index contributed by atoms with van der Waals surface area (Å²) >= 11 is 1.75. The Morgan fingerprint density at radius 1 is 1.09 bits per heavy atom. The van der Waals surface area contributed by atoms with Gasteiger partial charge in [-0.1, -0.05) is 30.3 Å². The summed E-state index contributed by atoms with van der Waals surface area (Å²) < 4.78 is 2.01. The first kappa shape index (κ1) is 14.5. The van der Waals surface area contributed by atoms with Crippen molar-refractivity contribution in [3.8, 4) is 11.3 Å². The fourth-order valence-corrected chi connectivity index (χ4v) is 4.19. The van der Waals surface area contributed by atoms with Crippen molar-refractivity contribution in [2.24, 2.45) is 7.05 Å². The fourth-order valence-electron chi connectivity index (χ4n) is 3.30. The van der Waals surface area contributed by atoms with Crippen LogP contribution in [0.25, 0.3) is 11.3 Å². The maximum absolute atomic E-state index is 4.84. The average molecular weight is 324 g/mol. The summed E-state index contributed by atoms with van der Waals surface area (Å²) in [6.45, 7) is 2.13. The van der Waals surface area contributed by atoms with Crippen molar-refractivity contribution < 1.29 is 0 Å². The van der Waals surface area contributed by atoms with Gasteiger partial charge in [0.05, 0.1) is 5.69 Å². The second kappa shape index (κ2) is 6.16. The smallest absolute Gasteiger partial charge is 0.185 e. The lowest BCUT2D eigenvalue weighted by molar-refractivity contribution is 0.477. The molecule has 3 heterocycles. The Bertz CT molecular complexity index is 769. The maximum atomic E-state index is 4.84. The van der Waals surface area contributed by atoms with E-state index in [0.29, 0.717) is 5.92 Å². The van der Waals surface area contributed by atoms with E-state index >= 15 is 0 Å². The molecule has 1 aliphatic rings. The van der Waals surface area contributed by atoms with E-state index in [2.05, 4.69) is 45.7 Å². The van der Waals surface area contributed by atoms with Crippen molar-refractivity contribution in [1.29, 1.82) is 0 Å². The van der Waals surface area contributed by atoms with Gasteiger partial charge in [0, 0.05) is 48.9 Å². The molecule has 1 aliphatic heterocycles. The summed E-state index contributed by atoms with van der Waals surface area (Å²) in [6.07, 6.45) is 4.23. The summed E-state index contributed by atoms with van der Waals surface area (Å²) in [5.74, 6) is 0.618. The lowest BCUT2D eigenvalue weighted by Crippen LogP contribution is -2.33. The lowest BCUT2D eigenvalue weighted by atomic mass is 9.94. The monoisotopic (exact) mass is 324 g/mol. The lowest BCUT2D eigenvalue weighted by Gasteiger charge is -2.31. The Morgan fingerprint density at radius 2 is 1.87 bits per heavy atom. The van der Waals surface area contributed by atoms with Crippen molar-refractivity contribution >= 4 is 16.5 Å². The van der Waals surface area contributed by atoms with E-state index < -0.39 is 0 Å². The van der Waals surface area contributed by atoms with Crippen LogP contribution in [0.4, 0.5) is 5.13 Å². The molecule has 1 saturated heterocycles. The fraction of sp³-hybridized carbons (Fsp3) is 0.333. The third kappa shape index (κ3) is 2.88. The van der Waals surface area contributed by atoms with Gasteiger partial charge in [0.1, 0.15) is 0 Å². The predicted molar refractivity (Wildman–Crippen MR) is 94.9 cm³/mol. The molecule has 0 N–H and O–H groups in total. The minimum absolute atomic E-state index is 0.618. The number of thiazole rings is 1. The van der Waals surface area contributed by atoms with Crippen LogP contribution in [0.3, 0.4) is 0 Å². The number of anilines is 1. The standard InChI is InChI=1S/C18H20N4S/c1-21-17(7-10-19-21)15-8-11-22(12-9-15)18-20-16(13-23-18)14-5-3-2-4-6-14/h2-7,10,13,15H,8-9,11-12H2,1H3. The SMILES string of the molecule is Cn1nccc1C1CCN(c2nc(-c3ccccc3)cs2)CC1. The van der Waals surface area contributed by atoms with Crippen LogP contribution in [-0.4, -0.2) is 27.9 Å². The van der Waals surface area contributed by atoms with Crippen LogP contribution in [0.1, 0.15) is 24.5 Å². The highest BCUT2D eigenvalue weighted by Crippen LogP contribution is 2.33. The summed E-state index contributed by atoms with van der Waals surface area (Å²) in [7, 11) is 2.04. The van der Waals surface area contributed by atoms with E-state index in [-0.39, 0.29) is 0 Å². The van der Waals surface area contributed by atoms with Crippen molar-refractivity contribution in [2.75, 3.05) is 18.0 Å². The summed E-state index contributed by atoms with van der Waals surface area (Å²) in [6, 6.07) is 12.6. The zero-order valence-corrected chi connectivity index (χ0v) is 14.0. The molecule has 3 aromatic rings. The maximum Gasteiger partial charge on any atom is 0.185 e. The van der Waals surface area contributed by atoms with Crippen LogP contribution in [0.15, 0.2) is 48.0 Å². The van der Waals surface area contributed by atoms with Crippen LogP contribution < -0.4 is 4.90 Å². The highest BCUT2D eigenvalue weighted by Gasteiger charge is 2.24. The van der Waals surface area contributed by atoms with E-state index in [1.54, 1.807) is 11.3 Å². The summed E-state index contributed by atoms with van der Waals surface area (Å²) in [5.41, 5.74) is 3.63. The zero-order chi connectivity index (χ0) is 15.6. The van der Waals surface area contributed by atoms with Gasteiger partial charge in [-0.2, -0.15) is 5.10 Å². The summed E-state index contributed by atoms with van der Waals surface area (Å²) in [5, 5.41) is 7.61. The molecule has 4 nitrogen and oxygen atoms in total. The Balaban J connectivity index is 1.45. The van der Waals surface area contributed by atoms with Crippen molar-refractivity contribution in [1.82, 2.24) is 14.8 Å². The van der Waals surface area contributed by atoms with Gasteiger partial charge in [0.25, 0.3) is 0 Å². The third-order valence-electron chi connectivity index (χ3n) is 4.60. The summed E-state index contributed by atoms with van der Waals surface area (Å²) in [4.78, 5) is 7.26. The van der Waals surface area contributed by atoms with Gasteiger partial charge >= 0.3 is 0 Å². The van der Waals surface area contributed by atoms with Gasteiger partial charge in [0.15, 0.2) is 5.13 Å². The van der Waals surface area contributed by atoms with E-state index in [9.17, 15) is 0 Å². The number of aromatic nitrogens is 3. The molecule has 0 radical (unpaired) electrons. The molecule has 4 rings (SSSR count). The molecule has 1 aromatic carbocycles. The molecule has 0 saturated carbocycles. The predicted octanol–water partition coefficient (Wildman–Crippen LogP) is 3.93. The number of rotatable bonds is 3. The molecular formula is C18H20N4S. The minimum atomic E-state index is 0.618. The molecule has 0 spiro atoms. The van der Waals surface area contributed by atoms with Gasteiger partial charge in [-0.05, 0) is 18.9 Å². The average Bonchev–Trinajstić information content (AvgIpc) is 3.25. The van der Waals surface area contributed by atoms with Crippen molar-refractivity contribution in [3.63, 3.8) is 0 Å². The van der Waals surface area contributed by atoms with Gasteiger partial charge in [0.2, 0.25) is 0 Å². The first-order chi connectivity index (χ1) is 11.3. The first-order valence-electron chi connectivity index (χ1n) is 8.05. The normalized spacial score (nSPS) is 16.0. The second-order valence-corrected chi connectivity index (χ2v) is 6.86. The number of nitrogens with zero attached hydrogens (tertiary/aromatic N) is 4. The number of benzene rings is 1. The number of aryl methyl sites for hydroxylation is 1. The van der Waals surface area contributed by atoms with Crippen LogP contribution in [0.5, 0.6) is 0 Å². The quantitative estimate of drug-likeness (QED) is 0.732. The molecule has 0 atom stereocenters. The van der Waals surface area contributed by atoms with E-state index in [1.165, 1.54) is 24.1 Å². The Morgan fingerprint density at radius 3 is 2.57 bits per heavy atom. The van der Waals surface area contributed by atoms with E-state index in [1.807, 2.05) is 24.0 Å². The molecule has 23 heavy (non-hydrogen) atoms. The van der Waals surface area contributed by atoms with Gasteiger partial charge < -0.3 is 4.90 Å². The number of hydrogen-bond donors (Lipinski definition) is 0. The third-order valence-corrected chi connectivity index (χ3v) is 5.51. The molecule has 0 amide bonds. The van der Waals surface area contributed by atoms with Crippen LogP contribution in [-0.2, 0) is 7.05 Å². The molecule has 0 aliphatic carbocycles. The molecule has 118 valence electrons. The Hall–Kier alpha value is -2.14.